The average molecular weight is 387 g/mol. The van der Waals surface area contributed by atoms with Crippen molar-refractivity contribution in [3.63, 3.8) is 0 Å². The molecule has 0 atom stereocenters. The van der Waals surface area contributed by atoms with Crippen LogP contribution in [-0.2, 0) is 6.61 Å². The number of hydrogen-bond acceptors (Lipinski definition) is 4. The first kappa shape index (κ1) is 19.0. The smallest absolute Gasteiger partial charge is 0.253 e. The minimum absolute atomic E-state index is 0.0190. The van der Waals surface area contributed by atoms with Crippen molar-refractivity contribution in [3.8, 4) is 0 Å². The molecule has 148 valence electrons. The Kier molecular flexibility index (Phi) is 5.77. The summed E-state index contributed by atoms with van der Waals surface area (Å²) in [6, 6.07) is 25.5. The number of piperazine rings is 1. The van der Waals surface area contributed by atoms with E-state index in [1.165, 1.54) is 0 Å². The molecule has 2 N–H and O–H groups in total. The zero-order chi connectivity index (χ0) is 20.1. The summed E-state index contributed by atoms with van der Waals surface area (Å²) in [5, 5.41) is 13.1. The van der Waals surface area contributed by atoms with Crippen LogP contribution < -0.4 is 10.2 Å². The van der Waals surface area contributed by atoms with Crippen LogP contribution in [0.5, 0.6) is 0 Å². The van der Waals surface area contributed by atoms with E-state index in [9.17, 15) is 9.90 Å². The van der Waals surface area contributed by atoms with Crippen molar-refractivity contribution in [2.24, 2.45) is 0 Å². The highest BCUT2D eigenvalue weighted by Crippen LogP contribution is 2.28. The van der Waals surface area contributed by atoms with E-state index in [1.807, 2.05) is 77.7 Å². The lowest BCUT2D eigenvalue weighted by molar-refractivity contribution is 0.0747. The van der Waals surface area contributed by atoms with Gasteiger partial charge in [0, 0.05) is 54.4 Å². The molecule has 0 radical (unpaired) electrons. The third-order valence-electron chi connectivity index (χ3n) is 5.27. The Morgan fingerprint density at radius 3 is 2.17 bits per heavy atom. The molecule has 1 heterocycles. The first-order valence-corrected chi connectivity index (χ1v) is 9.90. The van der Waals surface area contributed by atoms with Crippen molar-refractivity contribution >= 4 is 23.0 Å². The number of benzene rings is 3. The Morgan fingerprint density at radius 1 is 0.862 bits per heavy atom. The standard InChI is InChI=1S/C24H25N3O2/c28-18-20-11-12-22(17-23(20)25-21-9-5-2-6-10-21)26-13-15-27(16-14-26)24(29)19-7-3-1-4-8-19/h1-12,17,25,28H,13-16,18H2. The second-order valence-corrected chi connectivity index (χ2v) is 7.14. The maximum absolute atomic E-state index is 12.7. The third-order valence-corrected chi connectivity index (χ3v) is 5.27. The molecule has 1 aliphatic heterocycles. The molecular formula is C24H25N3O2. The van der Waals surface area contributed by atoms with Crippen LogP contribution in [0.3, 0.4) is 0 Å². The maximum Gasteiger partial charge on any atom is 0.253 e. The van der Waals surface area contributed by atoms with E-state index in [-0.39, 0.29) is 12.5 Å². The number of amides is 1. The summed E-state index contributed by atoms with van der Waals surface area (Å²) in [5.41, 5.74) is 4.57. The number of anilines is 3. The molecule has 0 aromatic heterocycles. The van der Waals surface area contributed by atoms with E-state index in [0.29, 0.717) is 13.1 Å². The average Bonchev–Trinajstić information content (AvgIpc) is 2.80. The summed E-state index contributed by atoms with van der Waals surface area (Å²) in [7, 11) is 0. The van der Waals surface area contributed by atoms with Crippen LogP contribution in [0.2, 0.25) is 0 Å². The summed E-state index contributed by atoms with van der Waals surface area (Å²) in [6.45, 7) is 2.92. The molecule has 0 unspecified atom stereocenters. The highest BCUT2D eigenvalue weighted by Gasteiger charge is 2.22. The molecule has 29 heavy (non-hydrogen) atoms. The fourth-order valence-corrected chi connectivity index (χ4v) is 3.62. The van der Waals surface area contributed by atoms with Crippen LogP contribution in [0.15, 0.2) is 78.9 Å². The first-order valence-electron chi connectivity index (χ1n) is 9.90. The fourth-order valence-electron chi connectivity index (χ4n) is 3.62. The highest BCUT2D eigenvalue weighted by molar-refractivity contribution is 5.94. The second-order valence-electron chi connectivity index (χ2n) is 7.14. The van der Waals surface area contributed by atoms with E-state index in [2.05, 4.69) is 16.3 Å². The molecule has 0 aliphatic carbocycles. The van der Waals surface area contributed by atoms with Gasteiger partial charge >= 0.3 is 0 Å². The normalized spacial score (nSPS) is 14.0. The van der Waals surface area contributed by atoms with E-state index < -0.39 is 0 Å². The van der Waals surface area contributed by atoms with Crippen LogP contribution in [-0.4, -0.2) is 42.1 Å². The van der Waals surface area contributed by atoms with E-state index >= 15 is 0 Å². The number of aliphatic hydroxyl groups is 1. The minimum atomic E-state index is -0.0190. The van der Waals surface area contributed by atoms with Gasteiger partial charge in [0.2, 0.25) is 0 Å². The molecule has 5 nitrogen and oxygen atoms in total. The predicted octanol–water partition coefficient (Wildman–Crippen LogP) is 3.88. The van der Waals surface area contributed by atoms with Crippen molar-refractivity contribution in [3.05, 3.63) is 90.0 Å². The molecule has 3 aromatic carbocycles. The van der Waals surface area contributed by atoms with E-state index in [1.54, 1.807) is 0 Å². The van der Waals surface area contributed by atoms with Gasteiger partial charge in [0.05, 0.1) is 6.61 Å². The molecule has 1 saturated heterocycles. The number of carbonyl (C=O) groups is 1. The summed E-state index contributed by atoms with van der Waals surface area (Å²) < 4.78 is 0. The number of hydrogen-bond donors (Lipinski definition) is 2. The van der Waals surface area contributed by atoms with Crippen LogP contribution in [0.1, 0.15) is 15.9 Å². The van der Waals surface area contributed by atoms with Gasteiger partial charge in [0.1, 0.15) is 0 Å². The Hall–Kier alpha value is -3.31. The molecule has 1 amide bonds. The lowest BCUT2D eigenvalue weighted by atomic mass is 10.1. The van der Waals surface area contributed by atoms with Crippen molar-refractivity contribution in [2.45, 2.75) is 6.61 Å². The third kappa shape index (κ3) is 4.41. The molecule has 3 aromatic rings. The van der Waals surface area contributed by atoms with E-state index in [0.717, 1.165) is 41.3 Å². The second kappa shape index (κ2) is 8.80. The lowest BCUT2D eigenvalue weighted by Crippen LogP contribution is -2.48. The van der Waals surface area contributed by atoms with E-state index in [4.69, 9.17) is 0 Å². The molecule has 1 aliphatic rings. The Morgan fingerprint density at radius 2 is 1.52 bits per heavy atom. The number of rotatable bonds is 5. The summed E-state index contributed by atoms with van der Waals surface area (Å²) in [6.07, 6.45) is 0. The van der Waals surface area contributed by atoms with Gasteiger partial charge in [-0.25, -0.2) is 0 Å². The molecule has 0 spiro atoms. The molecule has 1 fully saturated rings. The van der Waals surface area contributed by atoms with Gasteiger partial charge in [-0.3, -0.25) is 4.79 Å². The number of nitrogens with one attached hydrogen (secondary N) is 1. The van der Waals surface area contributed by atoms with Gasteiger partial charge in [0.25, 0.3) is 5.91 Å². The van der Waals surface area contributed by atoms with Crippen LogP contribution in [0, 0.1) is 0 Å². The quantitative estimate of drug-likeness (QED) is 0.698. The van der Waals surface area contributed by atoms with Gasteiger partial charge in [-0.05, 0) is 36.4 Å². The van der Waals surface area contributed by atoms with Crippen molar-refractivity contribution in [1.29, 1.82) is 0 Å². The molecule has 5 heteroatoms. The van der Waals surface area contributed by atoms with Crippen LogP contribution >= 0.6 is 0 Å². The van der Waals surface area contributed by atoms with Gasteiger partial charge < -0.3 is 20.2 Å². The van der Waals surface area contributed by atoms with Gasteiger partial charge in [-0.2, -0.15) is 0 Å². The number of aliphatic hydroxyl groups excluding tert-OH is 1. The Balaban J connectivity index is 1.45. The van der Waals surface area contributed by atoms with Gasteiger partial charge in [-0.1, -0.05) is 42.5 Å². The van der Waals surface area contributed by atoms with Crippen LogP contribution in [0.4, 0.5) is 17.1 Å². The molecular weight excluding hydrogens is 362 g/mol. The first-order chi connectivity index (χ1) is 14.2. The molecule has 0 bridgehead atoms. The highest BCUT2D eigenvalue weighted by atomic mass is 16.3. The van der Waals surface area contributed by atoms with Crippen molar-refractivity contribution < 1.29 is 9.90 Å². The fraction of sp³-hybridized carbons (Fsp3) is 0.208. The zero-order valence-corrected chi connectivity index (χ0v) is 16.3. The summed E-state index contributed by atoms with van der Waals surface area (Å²) in [5.74, 6) is 0.0901. The van der Waals surface area contributed by atoms with Gasteiger partial charge in [0.15, 0.2) is 0 Å². The summed E-state index contributed by atoms with van der Waals surface area (Å²) >= 11 is 0. The van der Waals surface area contributed by atoms with Crippen molar-refractivity contribution in [2.75, 3.05) is 36.4 Å². The van der Waals surface area contributed by atoms with Crippen molar-refractivity contribution in [1.82, 2.24) is 4.90 Å². The SMILES string of the molecule is O=C(c1ccccc1)N1CCN(c2ccc(CO)c(Nc3ccccc3)c2)CC1. The van der Waals surface area contributed by atoms with Gasteiger partial charge in [-0.15, -0.1) is 0 Å². The zero-order valence-electron chi connectivity index (χ0n) is 16.3. The summed E-state index contributed by atoms with van der Waals surface area (Å²) in [4.78, 5) is 16.9. The minimum Gasteiger partial charge on any atom is -0.392 e. The molecule has 0 saturated carbocycles. The lowest BCUT2D eigenvalue weighted by Gasteiger charge is -2.36. The largest absolute Gasteiger partial charge is 0.392 e. The maximum atomic E-state index is 12.7. The monoisotopic (exact) mass is 387 g/mol. The number of carbonyl (C=O) groups excluding carboxylic acids is 1. The Labute approximate surface area is 171 Å². The number of nitrogens with zero attached hydrogens (tertiary/aromatic N) is 2. The topological polar surface area (TPSA) is 55.8 Å². The Bertz CT molecular complexity index is 952. The molecule has 4 rings (SSSR count). The predicted molar refractivity (Wildman–Crippen MR) is 117 cm³/mol. The number of para-hydroxylation sites is 1. The van der Waals surface area contributed by atoms with Crippen LogP contribution in [0.25, 0.3) is 0 Å².